The Morgan fingerprint density at radius 3 is 1.62 bits per heavy atom. The van der Waals surface area contributed by atoms with Crippen LogP contribution >= 0.6 is 0 Å². The number of hydrogen-bond acceptors (Lipinski definition) is 1. The van der Waals surface area contributed by atoms with Gasteiger partial charge in [-0.2, -0.15) is 0 Å². The summed E-state index contributed by atoms with van der Waals surface area (Å²) in [7, 11) is 4.19. The van der Waals surface area contributed by atoms with Gasteiger partial charge in [-0.25, -0.2) is 0 Å². The second kappa shape index (κ2) is 5.10. The highest BCUT2D eigenvalue weighted by Crippen LogP contribution is 1.90. The lowest BCUT2D eigenvalue weighted by molar-refractivity contribution is 0.354. The molecule has 0 radical (unpaired) electrons. The molecule has 0 amide bonds. The standard InChI is InChI=1S/C6H15N.CH4/c1-6(2)5-7(3)4;/h6H,5H2,1-4H3;1H4. The van der Waals surface area contributed by atoms with Crippen LogP contribution in [0.4, 0.5) is 0 Å². The Kier molecular flexibility index (Phi) is 6.93. The largest absolute Gasteiger partial charge is 0.309 e. The van der Waals surface area contributed by atoms with Crippen molar-refractivity contribution in [2.24, 2.45) is 5.92 Å². The maximum absolute atomic E-state index is 2.22. The Morgan fingerprint density at radius 2 is 1.62 bits per heavy atom. The predicted molar refractivity (Wildman–Crippen MR) is 40.1 cm³/mol. The average molecular weight is 117 g/mol. The second-order valence-electron chi connectivity index (χ2n) is 2.66. The molecule has 0 aromatic carbocycles. The molecule has 0 aliphatic carbocycles. The molecule has 0 rings (SSSR count). The van der Waals surface area contributed by atoms with Crippen molar-refractivity contribution in [1.29, 1.82) is 0 Å². The summed E-state index contributed by atoms with van der Waals surface area (Å²) in [5.41, 5.74) is 0. The minimum Gasteiger partial charge on any atom is -0.309 e. The fraction of sp³-hybridized carbons (Fsp3) is 1.00. The molecule has 0 atom stereocenters. The highest BCUT2D eigenvalue weighted by Gasteiger charge is 1.92. The van der Waals surface area contributed by atoms with E-state index in [4.69, 9.17) is 0 Å². The highest BCUT2D eigenvalue weighted by atomic mass is 15.0. The molecule has 1 heteroatoms. The zero-order chi connectivity index (χ0) is 5.86. The molecule has 0 saturated carbocycles. The lowest BCUT2D eigenvalue weighted by Gasteiger charge is -2.10. The average Bonchev–Trinajstić information content (AvgIpc) is 1.27. The second-order valence-corrected chi connectivity index (χ2v) is 2.66. The number of nitrogens with zero attached hydrogens (tertiary/aromatic N) is 1. The van der Waals surface area contributed by atoms with Crippen molar-refractivity contribution in [2.45, 2.75) is 21.3 Å². The maximum Gasteiger partial charge on any atom is -0.000172 e. The molecule has 0 saturated heterocycles. The first-order valence-corrected chi connectivity index (χ1v) is 2.77. The van der Waals surface area contributed by atoms with Crippen LogP contribution in [0.15, 0.2) is 0 Å². The van der Waals surface area contributed by atoms with Gasteiger partial charge in [0, 0.05) is 0 Å². The zero-order valence-corrected chi connectivity index (χ0v) is 5.73. The Morgan fingerprint density at radius 1 is 1.25 bits per heavy atom. The first-order chi connectivity index (χ1) is 3.13. The van der Waals surface area contributed by atoms with Gasteiger partial charge >= 0.3 is 0 Å². The number of hydrogen-bond donors (Lipinski definition) is 0. The van der Waals surface area contributed by atoms with E-state index >= 15 is 0 Å². The lowest BCUT2D eigenvalue weighted by atomic mass is 10.2. The molecule has 0 fully saturated rings. The summed E-state index contributed by atoms with van der Waals surface area (Å²) in [6.45, 7) is 5.64. The van der Waals surface area contributed by atoms with Crippen LogP contribution in [0.25, 0.3) is 0 Å². The van der Waals surface area contributed by atoms with Crippen molar-refractivity contribution >= 4 is 0 Å². The summed E-state index contributed by atoms with van der Waals surface area (Å²) >= 11 is 0. The van der Waals surface area contributed by atoms with E-state index in [0.717, 1.165) is 5.92 Å². The normalized spacial score (nSPS) is 9.75. The zero-order valence-electron chi connectivity index (χ0n) is 5.73. The number of rotatable bonds is 2. The Balaban J connectivity index is 0. The minimum atomic E-state index is 0. The summed E-state index contributed by atoms with van der Waals surface area (Å²) in [6, 6.07) is 0. The Labute approximate surface area is 53.7 Å². The van der Waals surface area contributed by atoms with Crippen molar-refractivity contribution in [3.05, 3.63) is 0 Å². The topological polar surface area (TPSA) is 3.24 Å². The lowest BCUT2D eigenvalue weighted by Crippen LogP contribution is -2.17. The quantitative estimate of drug-likeness (QED) is 0.533. The molecular weight excluding hydrogens is 98.1 g/mol. The third kappa shape index (κ3) is 9.35. The van der Waals surface area contributed by atoms with E-state index in [-0.39, 0.29) is 7.43 Å². The van der Waals surface area contributed by atoms with E-state index in [9.17, 15) is 0 Å². The van der Waals surface area contributed by atoms with Crippen molar-refractivity contribution in [2.75, 3.05) is 20.6 Å². The minimum absolute atomic E-state index is 0. The monoisotopic (exact) mass is 117 g/mol. The predicted octanol–water partition coefficient (Wildman–Crippen LogP) is 1.84. The van der Waals surface area contributed by atoms with Gasteiger partial charge in [0.2, 0.25) is 0 Å². The molecule has 0 aromatic heterocycles. The van der Waals surface area contributed by atoms with Gasteiger partial charge in [-0.05, 0) is 26.6 Å². The summed E-state index contributed by atoms with van der Waals surface area (Å²) in [5.74, 6) is 0.801. The van der Waals surface area contributed by atoms with Gasteiger partial charge in [0.1, 0.15) is 0 Å². The van der Waals surface area contributed by atoms with Crippen LogP contribution in [-0.2, 0) is 0 Å². The van der Waals surface area contributed by atoms with Crippen LogP contribution in [0, 0.1) is 5.92 Å². The van der Waals surface area contributed by atoms with Crippen LogP contribution in [0.2, 0.25) is 0 Å². The van der Waals surface area contributed by atoms with Crippen LogP contribution in [0.3, 0.4) is 0 Å². The van der Waals surface area contributed by atoms with E-state index < -0.39 is 0 Å². The van der Waals surface area contributed by atoms with Crippen LogP contribution < -0.4 is 0 Å². The SMILES string of the molecule is C.CC(C)CN(C)C. The van der Waals surface area contributed by atoms with Gasteiger partial charge in [-0.3, -0.25) is 0 Å². The molecule has 0 heterocycles. The molecular formula is C7H19N. The van der Waals surface area contributed by atoms with E-state index in [1.807, 2.05) is 0 Å². The summed E-state index contributed by atoms with van der Waals surface area (Å²) in [4.78, 5) is 2.20. The molecule has 0 aliphatic heterocycles. The van der Waals surface area contributed by atoms with Crippen LogP contribution in [0.1, 0.15) is 21.3 Å². The molecule has 8 heavy (non-hydrogen) atoms. The van der Waals surface area contributed by atoms with Crippen molar-refractivity contribution < 1.29 is 0 Å². The Bertz CT molecular complexity index is 33.7. The van der Waals surface area contributed by atoms with Crippen molar-refractivity contribution in [1.82, 2.24) is 4.90 Å². The van der Waals surface area contributed by atoms with Crippen LogP contribution in [0.5, 0.6) is 0 Å². The molecule has 1 nitrogen and oxygen atoms in total. The summed E-state index contributed by atoms with van der Waals surface area (Å²) < 4.78 is 0. The van der Waals surface area contributed by atoms with Gasteiger partial charge in [0.05, 0.1) is 0 Å². The van der Waals surface area contributed by atoms with Crippen molar-refractivity contribution in [3.63, 3.8) is 0 Å². The van der Waals surface area contributed by atoms with E-state index in [2.05, 4.69) is 32.8 Å². The van der Waals surface area contributed by atoms with E-state index in [0.29, 0.717) is 0 Å². The van der Waals surface area contributed by atoms with E-state index in [1.54, 1.807) is 0 Å². The van der Waals surface area contributed by atoms with Gasteiger partial charge < -0.3 is 4.90 Å². The smallest absolute Gasteiger partial charge is 0.000172 e. The molecule has 0 unspecified atom stereocenters. The Hall–Kier alpha value is -0.0400. The third-order valence-corrected chi connectivity index (χ3v) is 0.730. The van der Waals surface area contributed by atoms with Crippen molar-refractivity contribution in [3.8, 4) is 0 Å². The molecule has 0 aromatic rings. The fourth-order valence-electron chi connectivity index (χ4n) is 0.730. The summed E-state index contributed by atoms with van der Waals surface area (Å²) in [5, 5.41) is 0. The fourth-order valence-corrected chi connectivity index (χ4v) is 0.730. The molecule has 0 aliphatic rings. The van der Waals surface area contributed by atoms with Crippen LogP contribution in [-0.4, -0.2) is 25.5 Å². The maximum atomic E-state index is 2.22. The molecule has 0 spiro atoms. The first-order valence-electron chi connectivity index (χ1n) is 2.77. The van der Waals surface area contributed by atoms with Gasteiger partial charge in [-0.1, -0.05) is 21.3 Å². The molecule has 0 bridgehead atoms. The summed E-state index contributed by atoms with van der Waals surface area (Å²) in [6.07, 6.45) is 0. The van der Waals surface area contributed by atoms with E-state index in [1.165, 1.54) is 6.54 Å². The highest BCUT2D eigenvalue weighted by molar-refractivity contribution is 4.46. The van der Waals surface area contributed by atoms with Gasteiger partial charge in [-0.15, -0.1) is 0 Å². The van der Waals surface area contributed by atoms with Gasteiger partial charge in [0.25, 0.3) is 0 Å². The first kappa shape index (κ1) is 10.9. The van der Waals surface area contributed by atoms with Gasteiger partial charge in [0.15, 0.2) is 0 Å². The molecule has 0 N–H and O–H groups in total. The molecule has 52 valence electrons. The third-order valence-electron chi connectivity index (χ3n) is 0.730.